The van der Waals surface area contributed by atoms with Gasteiger partial charge in [0.1, 0.15) is 68.1 Å². The number of ether oxygens (including phenoxy) is 8. The fourth-order valence-corrected chi connectivity index (χ4v) is 5.51. The third-order valence-corrected chi connectivity index (χ3v) is 8.19. The maximum atomic E-state index is 12.7. The van der Waals surface area contributed by atoms with Crippen molar-refractivity contribution in [3.63, 3.8) is 0 Å². The van der Waals surface area contributed by atoms with Crippen LogP contribution in [0.3, 0.4) is 0 Å². The Bertz CT molecular complexity index is 1220. The predicted octanol–water partition coefficient (Wildman–Crippen LogP) is -4.56. The van der Waals surface area contributed by atoms with Gasteiger partial charge < -0.3 is 89.0 Å². The highest BCUT2D eigenvalue weighted by atomic mass is 16.8. The molecule has 10 N–H and O–H groups in total. The molecular formula is C29H42O19. The van der Waals surface area contributed by atoms with Gasteiger partial charge in [0.2, 0.25) is 11.5 Å². The number of phenolic OH excluding ortho intramolecular Hbond substituents is 1. The lowest BCUT2D eigenvalue weighted by atomic mass is 9.98. The Morgan fingerprint density at radius 3 is 2.10 bits per heavy atom. The molecule has 0 aliphatic carbocycles. The Morgan fingerprint density at radius 2 is 1.54 bits per heavy atom. The summed E-state index contributed by atoms with van der Waals surface area (Å²) in [5.41, 5.74) is 0.382. The number of rotatable bonds is 13. The molecule has 1 aromatic rings. The molecule has 0 aromatic heterocycles. The zero-order chi connectivity index (χ0) is 35.3. The number of hydrogen-bond acceptors (Lipinski definition) is 19. The van der Waals surface area contributed by atoms with Crippen molar-refractivity contribution in [2.45, 2.75) is 85.8 Å². The van der Waals surface area contributed by atoms with E-state index in [2.05, 4.69) is 0 Å². The maximum absolute atomic E-state index is 12.7. The largest absolute Gasteiger partial charge is 0.502 e. The van der Waals surface area contributed by atoms with Crippen molar-refractivity contribution < 1.29 is 93.8 Å². The Balaban J connectivity index is 1.53. The van der Waals surface area contributed by atoms with Crippen molar-refractivity contribution in [2.24, 2.45) is 0 Å². The Morgan fingerprint density at radius 1 is 0.896 bits per heavy atom. The van der Waals surface area contributed by atoms with Crippen molar-refractivity contribution in [3.05, 3.63) is 23.8 Å². The van der Waals surface area contributed by atoms with E-state index in [0.717, 1.165) is 6.08 Å². The molecule has 3 aliphatic heterocycles. The predicted molar refractivity (Wildman–Crippen MR) is 154 cm³/mol. The molecule has 0 amide bonds. The first-order valence-electron chi connectivity index (χ1n) is 14.9. The minimum atomic E-state index is -2.29. The van der Waals surface area contributed by atoms with E-state index in [1.165, 1.54) is 32.4 Å². The lowest BCUT2D eigenvalue weighted by Crippen LogP contribution is -2.62. The second-order valence-electron chi connectivity index (χ2n) is 11.3. The van der Waals surface area contributed by atoms with E-state index in [1.807, 2.05) is 0 Å². The van der Waals surface area contributed by atoms with E-state index in [0.29, 0.717) is 5.56 Å². The second-order valence-corrected chi connectivity index (χ2v) is 11.3. The molecule has 3 heterocycles. The Kier molecular flexibility index (Phi) is 12.9. The van der Waals surface area contributed by atoms with Gasteiger partial charge in [0.05, 0.1) is 33.5 Å². The molecule has 13 atom stereocenters. The Labute approximate surface area is 273 Å². The number of benzene rings is 1. The van der Waals surface area contributed by atoms with Gasteiger partial charge in [0.25, 0.3) is 0 Å². The number of aliphatic hydroxyl groups is 9. The van der Waals surface area contributed by atoms with E-state index in [9.17, 15) is 55.9 Å². The first-order valence-corrected chi connectivity index (χ1v) is 14.9. The van der Waals surface area contributed by atoms with Crippen LogP contribution in [0.15, 0.2) is 18.2 Å². The normalized spacial score (nSPS) is 38.6. The van der Waals surface area contributed by atoms with Crippen LogP contribution in [0.4, 0.5) is 0 Å². The summed E-state index contributed by atoms with van der Waals surface area (Å²) in [7, 11) is 2.65. The average molecular weight is 695 g/mol. The standard InChI is InChI=1S/C29H42O19/c1-41-14-5-12(6-15(42-2)21(14)35)3-4-19(34)43-10-18-26(46-28-25(39)24(38)22(36)16(8-30)45-28)13(33)7-20(44-18)48-29(11-32)27(40)23(37)17(9-31)47-29/h3-6,13,16-18,20,22-28,30-33,35-40H,7-11H2,1-2H3. The number of methoxy groups -OCH3 is 2. The van der Waals surface area contributed by atoms with E-state index in [-0.39, 0.29) is 17.2 Å². The number of aromatic hydroxyl groups is 1. The van der Waals surface area contributed by atoms with Gasteiger partial charge in [-0.05, 0) is 23.8 Å². The van der Waals surface area contributed by atoms with Crippen molar-refractivity contribution in [2.75, 3.05) is 40.6 Å². The fraction of sp³-hybridized carbons (Fsp3) is 0.690. The lowest BCUT2D eigenvalue weighted by Gasteiger charge is -2.45. The lowest BCUT2D eigenvalue weighted by molar-refractivity contribution is -0.379. The average Bonchev–Trinajstić information content (AvgIpc) is 3.32. The second kappa shape index (κ2) is 16.3. The third kappa shape index (κ3) is 8.01. The van der Waals surface area contributed by atoms with Crippen LogP contribution in [0.2, 0.25) is 0 Å². The zero-order valence-corrected chi connectivity index (χ0v) is 25.9. The topological polar surface area (TPSA) is 293 Å². The molecule has 48 heavy (non-hydrogen) atoms. The summed E-state index contributed by atoms with van der Waals surface area (Å²) in [4.78, 5) is 12.7. The molecule has 0 bridgehead atoms. The highest BCUT2D eigenvalue weighted by Crippen LogP contribution is 2.38. The molecule has 0 radical (unpaired) electrons. The van der Waals surface area contributed by atoms with Gasteiger partial charge in [-0.15, -0.1) is 0 Å². The molecule has 0 spiro atoms. The summed E-state index contributed by atoms with van der Waals surface area (Å²) in [6.45, 7) is -3.16. The van der Waals surface area contributed by atoms with Crippen LogP contribution in [0, 0.1) is 0 Å². The number of phenols is 1. The zero-order valence-electron chi connectivity index (χ0n) is 25.9. The van der Waals surface area contributed by atoms with Gasteiger partial charge in [-0.1, -0.05) is 0 Å². The van der Waals surface area contributed by atoms with Crippen LogP contribution in [-0.2, 0) is 33.2 Å². The molecule has 3 saturated heterocycles. The van der Waals surface area contributed by atoms with Gasteiger partial charge in [-0.3, -0.25) is 0 Å². The van der Waals surface area contributed by atoms with E-state index in [1.54, 1.807) is 0 Å². The molecule has 0 saturated carbocycles. The monoisotopic (exact) mass is 694 g/mol. The van der Waals surface area contributed by atoms with Crippen molar-refractivity contribution in [3.8, 4) is 17.2 Å². The molecule has 1 aromatic carbocycles. The summed E-state index contributed by atoms with van der Waals surface area (Å²) < 4.78 is 43.6. The van der Waals surface area contributed by atoms with E-state index in [4.69, 9.17) is 37.9 Å². The highest BCUT2D eigenvalue weighted by molar-refractivity contribution is 5.87. The number of esters is 1. The number of aliphatic hydroxyl groups excluding tert-OH is 9. The number of carbonyl (C=O) groups excluding carboxylic acids is 1. The fourth-order valence-electron chi connectivity index (χ4n) is 5.51. The Hall–Kier alpha value is -2.73. The summed E-state index contributed by atoms with van der Waals surface area (Å²) in [5.74, 6) is -3.33. The first-order chi connectivity index (χ1) is 22.8. The molecule has 3 fully saturated rings. The van der Waals surface area contributed by atoms with Gasteiger partial charge in [0.15, 0.2) is 24.1 Å². The van der Waals surface area contributed by atoms with Gasteiger partial charge in [-0.25, -0.2) is 4.79 Å². The summed E-state index contributed by atoms with van der Waals surface area (Å²) in [5, 5.41) is 102. The SMILES string of the molecule is COc1cc(C=CC(=O)OCC2OC(OC3(CO)OC(CO)C(O)C3O)CC(O)C2OC2OC(CO)C(O)C(O)C2O)cc(OC)c1O. The number of carbonyl (C=O) groups is 1. The van der Waals surface area contributed by atoms with Gasteiger partial charge >= 0.3 is 5.97 Å². The van der Waals surface area contributed by atoms with E-state index < -0.39 is 118 Å². The van der Waals surface area contributed by atoms with Crippen LogP contribution in [0.25, 0.3) is 6.08 Å². The van der Waals surface area contributed by atoms with E-state index >= 15 is 0 Å². The summed E-state index contributed by atoms with van der Waals surface area (Å²) in [6.07, 6.45) is -17.4. The van der Waals surface area contributed by atoms with Crippen molar-refractivity contribution in [1.29, 1.82) is 0 Å². The van der Waals surface area contributed by atoms with Crippen LogP contribution in [0.5, 0.6) is 17.2 Å². The van der Waals surface area contributed by atoms with Crippen LogP contribution < -0.4 is 9.47 Å². The molecule has 19 heteroatoms. The molecule has 19 nitrogen and oxygen atoms in total. The number of hydrogen-bond donors (Lipinski definition) is 10. The van der Waals surface area contributed by atoms with Crippen molar-refractivity contribution >= 4 is 12.0 Å². The summed E-state index contributed by atoms with van der Waals surface area (Å²) in [6, 6.07) is 2.84. The van der Waals surface area contributed by atoms with Crippen LogP contribution >= 0.6 is 0 Å². The molecule has 4 rings (SSSR count). The van der Waals surface area contributed by atoms with Gasteiger partial charge in [-0.2, -0.15) is 0 Å². The van der Waals surface area contributed by atoms with Crippen LogP contribution in [-0.4, -0.2) is 177 Å². The highest BCUT2D eigenvalue weighted by Gasteiger charge is 2.57. The first kappa shape index (κ1) is 38.1. The molecule has 3 aliphatic rings. The maximum Gasteiger partial charge on any atom is 0.330 e. The quantitative estimate of drug-likeness (QED) is 0.0687. The molecule has 272 valence electrons. The molecular weight excluding hydrogens is 652 g/mol. The minimum absolute atomic E-state index is 0.0704. The minimum Gasteiger partial charge on any atom is -0.502 e. The molecule has 13 unspecified atom stereocenters. The third-order valence-electron chi connectivity index (χ3n) is 8.19. The van der Waals surface area contributed by atoms with Crippen LogP contribution in [0.1, 0.15) is 12.0 Å². The van der Waals surface area contributed by atoms with Gasteiger partial charge in [0, 0.05) is 12.5 Å². The smallest absolute Gasteiger partial charge is 0.330 e. The van der Waals surface area contributed by atoms with Crippen molar-refractivity contribution in [1.82, 2.24) is 0 Å². The summed E-state index contributed by atoms with van der Waals surface area (Å²) >= 11 is 0.